The van der Waals surface area contributed by atoms with E-state index in [1.807, 2.05) is 12.1 Å². The van der Waals surface area contributed by atoms with E-state index >= 15 is 0 Å². The number of fused-ring (bicyclic) bond motifs is 1. The Kier molecular flexibility index (Phi) is 3.69. The van der Waals surface area contributed by atoms with Gasteiger partial charge in [0.25, 0.3) is 0 Å². The topological polar surface area (TPSA) is 91.5 Å². The molecule has 24 heavy (non-hydrogen) atoms. The van der Waals surface area contributed by atoms with Crippen LogP contribution in [0.15, 0.2) is 12.1 Å². The van der Waals surface area contributed by atoms with E-state index in [1.54, 1.807) is 0 Å². The lowest BCUT2D eigenvalue weighted by molar-refractivity contribution is -0.0961. The third-order valence-corrected chi connectivity index (χ3v) is 5.69. The van der Waals surface area contributed by atoms with Crippen LogP contribution in [-0.4, -0.2) is 66.5 Å². The van der Waals surface area contributed by atoms with E-state index < -0.39 is 0 Å². The fourth-order valence-electron chi connectivity index (χ4n) is 4.96. The molecule has 0 bridgehead atoms. The first-order valence-corrected chi connectivity index (χ1v) is 8.76. The molecular weight excluding hydrogens is 306 g/mol. The molecule has 2 aromatic heterocycles. The molecule has 2 unspecified atom stereocenters. The zero-order valence-corrected chi connectivity index (χ0v) is 14.4. The van der Waals surface area contributed by atoms with Crippen molar-refractivity contribution in [3.63, 3.8) is 0 Å². The third kappa shape index (κ3) is 2.36. The molecule has 1 spiro atoms. The molecule has 2 N–H and O–H groups in total. The van der Waals surface area contributed by atoms with E-state index in [-0.39, 0.29) is 17.6 Å². The van der Waals surface area contributed by atoms with Crippen molar-refractivity contribution >= 4 is 11.5 Å². The van der Waals surface area contributed by atoms with E-state index in [1.165, 1.54) is 4.63 Å². The second-order valence-corrected chi connectivity index (χ2v) is 7.59. The molecule has 8 heteroatoms. The summed E-state index contributed by atoms with van der Waals surface area (Å²) in [7, 11) is 0. The standard InChI is InChI=1S/C16H25N7O/c1-4-22-9-16(15(22)10(2)3)7-11(12(24)8-16)17-13-5-6-14-18-20-21-23(14)19-13/h5-6,10-12,15,24H,4,7-9H2,1-3H3,(H,17,19)/t11-,12-,15?,16?/m1/s1. The van der Waals surface area contributed by atoms with E-state index in [9.17, 15) is 5.11 Å². The average Bonchev–Trinajstić information content (AvgIpc) is 3.10. The lowest BCUT2D eigenvalue weighted by Gasteiger charge is -2.58. The summed E-state index contributed by atoms with van der Waals surface area (Å²) < 4.78 is 1.40. The fraction of sp³-hybridized carbons (Fsp3) is 0.750. The van der Waals surface area contributed by atoms with Crippen LogP contribution < -0.4 is 5.32 Å². The number of aromatic nitrogens is 5. The minimum absolute atomic E-state index is 0.0201. The van der Waals surface area contributed by atoms with Gasteiger partial charge < -0.3 is 10.4 Å². The highest BCUT2D eigenvalue weighted by Crippen LogP contribution is 2.53. The molecule has 1 aliphatic heterocycles. The Morgan fingerprint density at radius 3 is 2.96 bits per heavy atom. The number of nitrogens with zero attached hydrogens (tertiary/aromatic N) is 6. The van der Waals surface area contributed by atoms with Crippen LogP contribution in [0.1, 0.15) is 33.6 Å². The van der Waals surface area contributed by atoms with Crippen LogP contribution in [0.3, 0.4) is 0 Å². The van der Waals surface area contributed by atoms with Crippen molar-refractivity contribution in [2.75, 3.05) is 18.4 Å². The first-order valence-electron chi connectivity index (χ1n) is 8.76. The predicted molar refractivity (Wildman–Crippen MR) is 89.5 cm³/mol. The molecule has 130 valence electrons. The van der Waals surface area contributed by atoms with Crippen molar-refractivity contribution in [1.82, 2.24) is 30.2 Å². The molecule has 8 nitrogen and oxygen atoms in total. The number of tetrazole rings is 1. The Labute approximate surface area is 141 Å². The zero-order valence-electron chi connectivity index (χ0n) is 14.4. The molecule has 0 radical (unpaired) electrons. The Morgan fingerprint density at radius 1 is 1.38 bits per heavy atom. The summed E-state index contributed by atoms with van der Waals surface area (Å²) in [6.45, 7) is 8.95. The first kappa shape index (κ1) is 15.7. The van der Waals surface area contributed by atoms with E-state index in [0.717, 1.165) is 25.9 Å². The van der Waals surface area contributed by atoms with Crippen molar-refractivity contribution in [3.05, 3.63) is 12.1 Å². The Balaban J connectivity index is 1.51. The van der Waals surface area contributed by atoms with Crippen LogP contribution in [-0.2, 0) is 0 Å². The quantitative estimate of drug-likeness (QED) is 0.856. The molecule has 1 aliphatic carbocycles. The highest BCUT2D eigenvalue weighted by atomic mass is 16.3. The molecule has 2 fully saturated rings. The number of aliphatic hydroxyl groups is 1. The molecular formula is C16H25N7O. The van der Waals surface area contributed by atoms with Gasteiger partial charge in [0.15, 0.2) is 5.65 Å². The van der Waals surface area contributed by atoms with E-state index in [0.29, 0.717) is 23.4 Å². The van der Waals surface area contributed by atoms with Gasteiger partial charge in [-0.15, -0.1) is 14.8 Å². The summed E-state index contributed by atoms with van der Waals surface area (Å²) in [6.07, 6.45) is 1.48. The van der Waals surface area contributed by atoms with Gasteiger partial charge in [-0.1, -0.05) is 20.8 Å². The maximum Gasteiger partial charge on any atom is 0.200 e. The number of aliphatic hydroxyl groups excluding tert-OH is 1. The second kappa shape index (κ2) is 5.63. The Hall–Kier alpha value is -1.80. The predicted octanol–water partition coefficient (Wildman–Crippen LogP) is 0.801. The van der Waals surface area contributed by atoms with Gasteiger partial charge in [0.2, 0.25) is 0 Å². The number of rotatable bonds is 4. The summed E-state index contributed by atoms with van der Waals surface area (Å²) >= 11 is 0. The molecule has 3 heterocycles. The number of anilines is 1. The van der Waals surface area contributed by atoms with Crippen LogP contribution >= 0.6 is 0 Å². The monoisotopic (exact) mass is 331 g/mol. The Morgan fingerprint density at radius 2 is 2.21 bits per heavy atom. The molecule has 4 atom stereocenters. The highest BCUT2D eigenvalue weighted by Gasteiger charge is 2.58. The van der Waals surface area contributed by atoms with Crippen LogP contribution in [0.4, 0.5) is 5.82 Å². The number of likely N-dealkylation sites (tertiary alicyclic amines) is 1. The lowest BCUT2D eigenvalue weighted by Crippen LogP contribution is -2.65. The van der Waals surface area contributed by atoms with Gasteiger partial charge in [0.1, 0.15) is 5.82 Å². The van der Waals surface area contributed by atoms with Crippen molar-refractivity contribution in [1.29, 1.82) is 0 Å². The fourth-order valence-corrected chi connectivity index (χ4v) is 4.96. The first-order chi connectivity index (χ1) is 11.5. The van der Waals surface area contributed by atoms with Crippen LogP contribution in [0.5, 0.6) is 0 Å². The normalized spacial score (nSPS) is 33.5. The molecule has 2 aliphatic rings. The maximum atomic E-state index is 10.6. The van der Waals surface area contributed by atoms with Gasteiger partial charge in [0, 0.05) is 18.0 Å². The van der Waals surface area contributed by atoms with Crippen LogP contribution in [0.25, 0.3) is 5.65 Å². The summed E-state index contributed by atoms with van der Waals surface area (Å²) in [5.74, 6) is 1.30. The van der Waals surface area contributed by atoms with Gasteiger partial charge in [-0.2, -0.15) is 0 Å². The number of nitrogens with one attached hydrogen (secondary N) is 1. The summed E-state index contributed by atoms with van der Waals surface area (Å²) in [4.78, 5) is 2.53. The molecule has 0 amide bonds. The minimum atomic E-state index is -0.350. The third-order valence-electron chi connectivity index (χ3n) is 5.69. The van der Waals surface area contributed by atoms with E-state index in [2.05, 4.69) is 51.6 Å². The molecule has 1 saturated carbocycles. The molecule has 0 aromatic carbocycles. The average molecular weight is 331 g/mol. The Bertz CT molecular complexity index is 732. The van der Waals surface area contributed by atoms with Crippen LogP contribution in [0, 0.1) is 11.3 Å². The SMILES string of the molecule is CCN1CC2(C[C@@H](O)[C@H](Nc3ccc4nnnn4n3)C2)C1C(C)C. The summed E-state index contributed by atoms with van der Waals surface area (Å²) in [6, 6.07) is 4.26. The lowest BCUT2D eigenvalue weighted by atomic mass is 9.65. The van der Waals surface area contributed by atoms with Crippen molar-refractivity contribution in [2.45, 2.75) is 51.8 Å². The van der Waals surface area contributed by atoms with Gasteiger partial charge >= 0.3 is 0 Å². The number of hydrogen-bond donors (Lipinski definition) is 2. The van der Waals surface area contributed by atoms with Crippen molar-refractivity contribution in [3.8, 4) is 0 Å². The van der Waals surface area contributed by atoms with Crippen molar-refractivity contribution in [2.24, 2.45) is 11.3 Å². The maximum absolute atomic E-state index is 10.6. The largest absolute Gasteiger partial charge is 0.391 e. The number of hydrogen-bond acceptors (Lipinski definition) is 7. The minimum Gasteiger partial charge on any atom is -0.391 e. The molecule has 2 aromatic rings. The van der Waals surface area contributed by atoms with Gasteiger partial charge in [0.05, 0.1) is 12.1 Å². The van der Waals surface area contributed by atoms with Crippen molar-refractivity contribution < 1.29 is 5.11 Å². The van der Waals surface area contributed by atoms with Gasteiger partial charge in [-0.3, -0.25) is 4.90 Å². The summed E-state index contributed by atoms with van der Waals surface area (Å²) in [5, 5.41) is 29.7. The van der Waals surface area contributed by atoms with E-state index in [4.69, 9.17) is 0 Å². The zero-order chi connectivity index (χ0) is 16.9. The molecule has 1 saturated heterocycles. The molecule has 4 rings (SSSR count). The van der Waals surface area contributed by atoms with Gasteiger partial charge in [-0.25, -0.2) is 0 Å². The second-order valence-electron chi connectivity index (χ2n) is 7.59. The van der Waals surface area contributed by atoms with Crippen LogP contribution in [0.2, 0.25) is 0 Å². The van der Waals surface area contributed by atoms with Gasteiger partial charge in [-0.05, 0) is 47.9 Å². The highest BCUT2D eigenvalue weighted by molar-refractivity contribution is 5.43. The summed E-state index contributed by atoms with van der Waals surface area (Å²) in [5.41, 5.74) is 0.835. The smallest absolute Gasteiger partial charge is 0.200 e.